The molecule has 0 aliphatic carbocycles. The molecule has 3 aromatic carbocycles. The summed E-state index contributed by atoms with van der Waals surface area (Å²) in [5.74, 6) is -1.20. The first-order chi connectivity index (χ1) is 18.1. The number of benzene rings is 3. The van der Waals surface area contributed by atoms with Crippen molar-refractivity contribution in [3.63, 3.8) is 0 Å². The van der Waals surface area contributed by atoms with Crippen LogP contribution in [0.25, 0.3) is 0 Å². The zero-order chi connectivity index (χ0) is 27.9. The number of nitrogens with one attached hydrogen (secondary N) is 1. The van der Waals surface area contributed by atoms with E-state index in [2.05, 4.69) is 5.32 Å². The minimum atomic E-state index is -4.31. The van der Waals surface area contributed by atoms with Crippen molar-refractivity contribution < 1.29 is 41.3 Å². The molecule has 202 valence electrons. The lowest BCUT2D eigenvalue weighted by Crippen LogP contribution is -2.38. The maximum atomic E-state index is 13.5. The van der Waals surface area contributed by atoms with Crippen molar-refractivity contribution in [2.24, 2.45) is 0 Å². The van der Waals surface area contributed by atoms with Crippen molar-refractivity contribution in [3.05, 3.63) is 72.0 Å². The van der Waals surface area contributed by atoms with Crippen LogP contribution < -0.4 is 23.8 Å². The standard InChI is InChI=1S/C26H27FN2O8S/c1-5-37-19-10-8-18(9-11-19)29(38(32,33)20-12-6-17(27)7-13-20)16-25(30)28-22-15-24(35-3)23(34-2)14-21(22)26(31)36-4/h6-15H,5,16H2,1-4H3,(H,28,30). The molecule has 1 amide bonds. The number of amides is 1. The third-order valence-corrected chi connectivity index (χ3v) is 7.12. The lowest BCUT2D eigenvalue weighted by Gasteiger charge is -2.24. The zero-order valence-corrected chi connectivity index (χ0v) is 22.0. The van der Waals surface area contributed by atoms with Gasteiger partial charge in [0.2, 0.25) is 5.91 Å². The normalized spacial score (nSPS) is 10.9. The van der Waals surface area contributed by atoms with Crippen LogP contribution >= 0.6 is 0 Å². The van der Waals surface area contributed by atoms with Crippen LogP contribution in [0.2, 0.25) is 0 Å². The molecule has 38 heavy (non-hydrogen) atoms. The summed E-state index contributed by atoms with van der Waals surface area (Å²) in [5, 5.41) is 2.55. The van der Waals surface area contributed by atoms with Crippen molar-refractivity contribution in [3.8, 4) is 17.2 Å². The van der Waals surface area contributed by atoms with Gasteiger partial charge in [-0.25, -0.2) is 17.6 Å². The molecule has 0 aliphatic heterocycles. The first-order valence-electron chi connectivity index (χ1n) is 11.3. The number of carbonyl (C=O) groups excluding carboxylic acids is 2. The fourth-order valence-corrected chi connectivity index (χ4v) is 4.93. The first-order valence-corrected chi connectivity index (χ1v) is 12.7. The van der Waals surface area contributed by atoms with Crippen LogP contribution in [-0.4, -0.2) is 54.8 Å². The van der Waals surface area contributed by atoms with Crippen LogP contribution in [0.15, 0.2) is 65.6 Å². The van der Waals surface area contributed by atoms with Crippen LogP contribution in [-0.2, 0) is 19.6 Å². The van der Waals surface area contributed by atoms with E-state index in [0.29, 0.717) is 12.4 Å². The number of ether oxygens (including phenoxy) is 4. The molecular weight excluding hydrogens is 519 g/mol. The number of hydrogen-bond donors (Lipinski definition) is 1. The fraction of sp³-hybridized carbons (Fsp3) is 0.231. The van der Waals surface area contributed by atoms with Gasteiger partial charge in [0, 0.05) is 12.1 Å². The van der Waals surface area contributed by atoms with Gasteiger partial charge in [-0.15, -0.1) is 0 Å². The molecule has 0 bridgehead atoms. The Labute approximate surface area is 219 Å². The van der Waals surface area contributed by atoms with Gasteiger partial charge < -0.3 is 24.3 Å². The Bertz CT molecular complexity index is 1390. The van der Waals surface area contributed by atoms with Crippen LogP contribution in [0.3, 0.4) is 0 Å². The predicted molar refractivity (Wildman–Crippen MR) is 138 cm³/mol. The lowest BCUT2D eigenvalue weighted by atomic mass is 10.1. The van der Waals surface area contributed by atoms with Gasteiger partial charge in [-0.2, -0.15) is 0 Å². The molecule has 1 N–H and O–H groups in total. The zero-order valence-electron chi connectivity index (χ0n) is 21.2. The van der Waals surface area contributed by atoms with Gasteiger partial charge in [0.05, 0.1) is 49.8 Å². The molecule has 0 saturated carbocycles. The minimum Gasteiger partial charge on any atom is -0.494 e. The van der Waals surface area contributed by atoms with Gasteiger partial charge in [0.15, 0.2) is 11.5 Å². The molecule has 0 aliphatic rings. The number of anilines is 2. The predicted octanol–water partition coefficient (Wildman–Crippen LogP) is 3.86. The average Bonchev–Trinajstić information content (AvgIpc) is 2.92. The van der Waals surface area contributed by atoms with Crippen molar-refractivity contribution in [2.45, 2.75) is 11.8 Å². The van der Waals surface area contributed by atoms with E-state index in [-0.39, 0.29) is 33.3 Å². The molecule has 3 aromatic rings. The molecule has 0 heterocycles. The molecule has 0 saturated heterocycles. The van der Waals surface area contributed by atoms with Crippen molar-refractivity contribution in [2.75, 3.05) is 44.1 Å². The Morgan fingerprint density at radius 1 is 0.921 bits per heavy atom. The largest absolute Gasteiger partial charge is 0.494 e. The van der Waals surface area contributed by atoms with E-state index in [0.717, 1.165) is 28.6 Å². The highest BCUT2D eigenvalue weighted by atomic mass is 32.2. The van der Waals surface area contributed by atoms with Crippen molar-refractivity contribution >= 4 is 33.3 Å². The Kier molecular flexibility index (Phi) is 9.13. The fourth-order valence-electron chi connectivity index (χ4n) is 3.51. The number of esters is 1. The van der Waals surface area contributed by atoms with E-state index in [1.165, 1.54) is 45.6 Å². The lowest BCUT2D eigenvalue weighted by molar-refractivity contribution is -0.114. The second-order valence-corrected chi connectivity index (χ2v) is 9.55. The number of methoxy groups -OCH3 is 3. The molecule has 0 radical (unpaired) electrons. The van der Waals surface area contributed by atoms with Gasteiger partial charge in [-0.3, -0.25) is 9.10 Å². The number of halogens is 1. The Morgan fingerprint density at radius 3 is 2.08 bits per heavy atom. The maximum Gasteiger partial charge on any atom is 0.340 e. The van der Waals surface area contributed by atoms with Crippen molar-refractivity contribution in [1.29, 1.82) is 0 Å². The van der Waals surface area contributed by atoms with Crippen molar-refractivity contribution in [1.82, 2.24) is 0 Å². The van der Waals surface area contributed by atoms with Crippen LogP contribution in [0.4, 0.5) is 15.8 Å². The van der Waals surface area contributed by atoms with Gasteiger partial charge in [0.1, 0.15) is 18.1 Å². The van der Waals surface area contributed by atoms with Gasteiger partial charge >= 0.3 is 5.97 Å². The Morgan fingerprint density at radius 2 is 1.53 bits per heavy atom. The quantitative estimate of drug-likeness (QED) is 0.360. The summed E-state index contributed by atoms with van der Waals surface area (Å²) in [5.41, 5.74) is 0.145. The smallest absolute Gasteiger partial charge is 0.340 e. The molecule has 12 heteroatoms. The number of rotatable bonds is 11. The van der Waals surface area contributed by atoms with Crippen LogP contribution in [0.5, 0.6) is 17.2 Å². The SMILES string of the molecule is CCOc1ccc(N(CC(=O)Nc2cc(OC)c(OC)cc2C(=O)OC)S(=O)(=O)c2ccc(F)cc2)cc1. The molecule has 0 aromatic heterocycles. The number of carbonyl (C=O) groups is 2. The van der Waals surface area contributed by atoms with E-state index in [4.69, 9.17) is 18.9 Å². The minimum absolute atomic E-state index is 0.0188. The molecule has 3 rings (SSSR count). The number of hydrogen-bond acceptors (Lipinski definition) is 8. The molecule has 10 nitrogen and oxygen atoms in total. The summed E-state index contributed by atoms with van der Waals surface area (Å²) < 4.78 is 62.1. The van der Waals surface area contributed by atoms with Gasteiger partial charge in [-0.1, -0.05) is 0 Å². The molecule has 0 spiro atoms. The van der Waals surface area contributed by atoms with Gasteiger partial charge in [-0.05, 0) is 55.5 Å². The monoisotopic (exact) mass is 546 g/mol. The molecular formula is C26H27FN2O8S. The van der Waals surface area contributed by atoms with Crippen LogP contribution in [0.1, 0.15) is 17.3 Å². The van der Waals surface area contributed by atoms with E-state index in [1.54, 1.807) is 19.1 Å². The Balaban J connectivity index is 2.01. The molecule has 0 fully saturated rings. The highest BCUT2D eigenvalue weighted by Crippen LogP contribution is 2.34. The number of nitrogens with zero attached hydrogens (tertiary/aromatic N) is 1. The third-order valence-electron chi connectivity index (χ3n) is 5.33. The molecule has 0 unspecified atom stereocenters. The average molecular weight is 547 g/mol. The number of sulfonamides is 1. The van der Waals surface area contributed by atoms with E-state index in [9.17, 15) is 22.4 Å². The summed E-state index contributed by atoms with van der Waals surface area (Å²) in [7, 11) is -0.375. The molecule has 0 atom stereocenters. The van der Waals surface area contributed by atoms with Gasteiger partial charge in [0.25, 0.3) is 10.0 Å². The second-order valence-electron chi connectivity index (χ2n) is 7.69. The summed E-state index contributed by atoms with van der Waals surface area (Å²) in [6.07, 6.45) is 0. The summed E-state index contributed by atoms with van der Waals surface area (Å²) in [6.45, 7) is 1.54. The third kappa shape index (κ3) is 6.32. The maximum absolute atomic E-state index is 13.5. The van der Waals surface area contributed by atoms with E-state index < -0.39 is 34.3 Å². The first kappa shape index (κ1) is 28.3. The summed E-state index contributed by atoms with van der Waals surface area (Å²) >= 11 is 0. The highest BCUT2D eigenvalue weighted by Gasteiger charge is 2.28. The Hall–Kier alpha value is -4.32. The van der Waals surface area contributed by atoms with Crippen LogP contribution in [0, 0.1) is 5.82 Å². The van der Waals surface area contributed by atoms with E-state index in [1.807, 2.05) is 0 Å². The highest BCUT2D eigenvalue weighted by molar-refractivity contribution is 7.92. The summed E-state index contributed by atoms with van der Waals surface area (Å²) in [4.78, 5) is 25.3. The second kappa shape index (κ2) is 12.3. The topological polar surface area (TPSA) is 120 Å². The van der Waals surface area contributed by atoms with E-state index >= 15 is 0 Å². The summed E-state index contributed by atoms with van der Waals surface area (Å²) in [6, 6.07) is 13.0.